The lowest BCUT2D eigenvalue weighted by molar-refractivity contribution is 0.512. The van der Waals surface area contributed by atoms with Crippen molar-refractivity contribution in [2.24, 2.45) is 0 Å². The predicted octanol–water partition coefficient (Wildman–Crippen LogP) is 2.12. The van der Waals surface area contributed by atoms with Crippen LogP contribution in [-0.4, -0.2) is 25.5 Å². The Labute approximate surface area is 121 Å². The van der Waals surface area contributed by atoms with Crippen LogP contribution in [0.2, 0.25) is 0 Å². The van der Waals surface area contributed by atoms with Gasteiger partial charge < -0.3 is 10.3 Å². The van der Waals surface area contributed by atoms with Gasteiger partial charge >= 0.3 is 0 Å². The van der Waals surface area contributed by atoms with E-state index in [1.807, 2.05) is 6.92 Å². The van der Waals surface area contributed by atoms with Gasteiger partial charge in [-0.3, -0.25) is 0 Å². The van der Waals surface area contributed by atoms with Gasteiger partial charge in [0.25, 0.3) is 0 Å². The molecule has 1 aliphatic carbocycles. The van der Waals surface area contributed by atoms with Crippen LogP contribution in [0.4, 0.5) is 0 Å². The van der Waals surface area contributed by atoms with Crippen molar-refractivity contribution in [3.8, 4) is 0 Å². The summed E-state index contributed by atoms with van der Waals surface area (Å²) < 4.78 is 27.4. The number of nitrogens with one attached hydrogen (secondary N) is 3. The Hall–Kier alpha value is -0.850. The van der Waals surface area contributed by atoms with E-state index >= 15 is 0 Å². The second-order valence-corrected chi connectivity index (χ2v) is 7.24. The number of hydrogen-bond donors (Lipinski definition) is 3. The molecule has 3 N–H and O–H groups in total. The summed E-state index contributed by atoms with van der Waals surface area (Å²) >= 11 is 0. The van der Waals surface area contributed by atoms with Crippen LogP contribution in [0, 0.1) is 0 Å². The molecular weight excluding hydrogens is 274 g/mol. The Bertz CT molecular complexity index is 520. The molecule has 1 unspecified atom stereocenters. The maximum Gasteiger partial charge on any atom is 0.242 e. The molecule has 0 aliphatic heterocycles. The molecular formula is C14H25N3O2S. The molecule has 0 aromatic carbocycles. The van der Waals surface area contributed by atoms with Gasteiger partial charge in [-0.15, -0.1) is 0 Å². The van der Waals surface area contributed by atoms with Gasteiger partial charge in [-0.2, -0.15) is 0 Å². The Morgan fingerprint density at radius 1 is 1.40 bits per heavy atom. The fourth-order valence-electron chi connectivity index (χ4n) is 2.20. The molecule has 1 aromatic rings. The van der Waals surface area contributed by atoms with Gasteiger partial charge in [0.1, 0.15) is 0 Å². The number of sulfonamides is 1. The first kappa shape index (κ1) is 15.5. The largest absolute Gasteiger partial charge is 0.363 e. The minimum Gasteiger partial charge on any atom is -0.363 e. The highest BCUT2D eigenvalue weighted by molar-refractivity contribution is 7.89. The molecule has 1 atom stereocenters. The number of aromatic amines is 1. The molecule has 1 heterocycles. The van der Waals surface area contributed by atoms with Gasteiger partial charge in [0.2, 0.25) is 10.0 Å². The number of aromatic nitrogens is 1. The van der Waals surface area contributed by atoms with E-state index in [-0.39, 0.29) is 6.04 Å². The molecule has 0 amide bonds. The quantitative estimate of drug-likeness (QED) is 0.654. The summed E-state index contributed by atoms with van der Waals surface area (Å²) in [5, 5.41) is 3.36. The monoisotopic (exact) mass is 299 g/mol. The van der Waals surface area contributed by atoms with Crippen molar-refractivity contribution in [3.05, 3.63) is 18.0 Å². The summed E-state index contributed by atoms with van der Waals surface area (Å²) in [5.74, 6) is 0. The predicted molar refractivity (Wildman–Crippen MR) is 80.0 cm³/mol. The summed E-state index contributed by atoms with van der Waals surface area (Å²) in [4.78, 5) is 3.37. The Morgan fingerprint density at radius 3 is 2.75 bits per heavy atom. The molecule has 1 fully saturated rings. The average Bonchev–Trinajstić information content (AvgIpc) is 3.11. The van der Waals surface area contributed by atoms with Crippen LogP contribution in [0.3, 0.4) is 0 Å². The lowest BCUT2D eigenvalue weighted by Crippen LogP contribution is -2.34. The van der Waals surface area contributed by atoms with E-state index in [1.54, 1.807) is 12.3 Å². The van der Waals surface area contributed by atoms with E-state index in [1.165, 1.54) is 12.8 Å². The Balaban J connectivity index is 1.96. The van der Waals surface area contributed by atoms with Crippen LogP contribution >= 0.6 is 0 Å². The zero-order chi connectivity index (χ0) is 14.6. The van der Waals surface area contributed by atoms with Crippen LogP contribution in [0.1, 0.15) is 51.6 Å². The number of H-pyrrole nitrogens is 1. The first-order valence-corrected chi connectivity index (χ1v) is 8.96. The normalized spacial score (nSPS) is 17.3. The maximum absolute atomic E-state index is 12.3. The molecule has 20 heavy (non-hydrogen) atoms. The summed E-state index contributed by atoms with van der Waals surface area (Å²) in [6, 6.07) is 2.36. The maximum atomic E-state index is 12.3. The molecule has 0 bridgehead atoms. The minimum absolute atomic E-state index is 0.0212. The van der Waals surface area contributed by atoms with Crippen molar-refractivity contribution in [3.63, 3.8) is 0 Å². The molecule has 0 radical (unpaired) electrons. The second-order valence-electron chi connectivity index (χ2n) is 5.53. The third kappa shape index (κ3) is 4.33. The fourth-order valence-corrected chi connectivity index (χ4v) is 3.57. The molecule has 0 spiro atoms. The average molecular weight is 299 g/mol. The van der Waals surface area contributed by atoms with Gasteiger partial charge in [0.15, 0.2) is 0 Å². The molecule has 0 saturated heterocycles. The van der Waals surface area contributed by atoms with Crippen molar-refractivity contribution in [1.82, 2.24) is 15.0 Å². The summed E-state index contributed by atoms with van der Waals surface area (Å²) in [6.07, 6.45) is 6.69. The van der Waals surface area contributed by atoms with Gasteiger partial charge in [-0.1, -0.05) is 20.3 Å². The highest BCUT2D eigenvalue weighted by Gasteiger charge is 2.22. The number of hydrogen-bond acceptors (Lipinski definition) is 3. The molecule has 1 saturated carbocycles. The molecule has 2 rings (SSSR count). The van der Waals surface area contributed by atoms with Crippen molar-refractivity contribution in [2.75, 3.05) is 0 Å². The SMILES string of the molecule is CCCC(CC)NS(=O)(=O)c1c[nH]c(CNC2CC2)c1. The first-order chi connectivity index (χ1) is 9.55. The van der Waals surface area contributed by atoms with Crippen LogP contribution in [0.15, 0.2) is 17.2 Å². The molecule has 5 nitrogen and oxygen atoms in total. The van der Waals surface area contributed by atoms with Crippen LogP contribution < -0.4 is 10.0 Å². The molecule has 1 aliphatic rings. The van der Waals surface area contributed by atoms with Gasteiger partial charge in [0.05, 0.1) is 4.90 Å². The zero-order valence-corrected chi connectivity index (χ0v) is 13.1. The van der Waals surface area contributed by atoms with Crippen molar-refractivity contribution >= 4 is 10.0 Å². The molecule has 6 heteroatoms. The van der Waals surface area contributed by atoms with Gasteiger partial charge in [-0.25, -0.2) is 13.1 Å². The highest BCUT2D eigenvalue weighted by Crippen LogP contribution is 2.20. The highest BCUT2D eigenvalue weighted by atomic mass is 32.2. The smallest absolute Gasteiger partial charge is 0.242 e. The van der Waals surface area contributed by atoms with E-state index in [4.69, 9.17) is 0 Å². The Morgan fingerprint density at radius 2 is 2.15 bits per heavy atom. The van der Waals surface area contributed by atoms with E-state index in [0.29, 0.717) is 17.5 Å². The molecule has 1 aromatic heterocycles. The van der Waals surface area contributed by atoms with Crippen LogP contribution in [0.25, 0.3) is 0 Å². The topological polar surface area (TPSA) is 74.0 Å². The number of rotatable bonds is 9. The van der Waals surface area contributed by atoms with E-state index in [2.05, 4.69) is 21.9 Å². The van der Waals surface area contributed by atoms with Crippen molar-refractivity contribution in [2.45, 2.75) is 69.5 Å². The summed E-state index contributed by atoms with van der Waals surface area (Å²) in [6.45, 7) is 4.77. The lowest BCUT2D eigenvalue weighted by atomic mass is 10.1. The van der Waals surface area contributed by atoms with Gasteiger partial charge in [-0.05, 0) is 31.7 Å². The lowest BCUT2D eigenvalue weighted by Gasteiger charge is -2.15. The third-order valence-electron chi connectivity index (χ3n) is 3.64. The first-order valence-electron chi connectivity index (χ1n) is 7.48. The standard InChI is InChI=1S/C14H25N3O2S/c1-3-5-11(4-2)17-20(18,19)14-8-13(16-10-14)9-15-12-6-7-12/h8,10-12,15-17H,3-7,9H2,1-2H3. The third-order valence-corrected chi connectivity index (χ3v) is 5.14. The van der Waals surface area contributed by atoms with Gasteiger partial charge in [0, 0.05) is 30.5 Å². The summed E-state index contributed by atoms with van der Waals surface area (Å²) in [7, 11) is -3.40. The van der Waals surface area contributed by atoms with Crippen molar-refractivity contribution in [1.29, 1.82) is 0 Å². The van der Waals surface area contributed by atoms with E-state index < -0.39 is 10.0 Å². The van der Waals surface area contributed by atoms with Crippen LogP contribution in [-0.2, 0) is 16.6 Å². The fraction of sp³-hybridized carbons (Fsp3) is 0.714. The van der Waals surface area contributed by atoms with Crippen LogP contribution in [0.5, 0.6) is 0 Å². The molecule has 114 valence electrons. The summed E-state index contributed by atoms with van der Waals surface area (Å²) in [5.41, 5.74) is 0.917. The second kappa shape index (κ2) is 6.74. The van der Waals surface area contributed by atoms with E-state index in [9.17, 15) is 8.42 Å². The van der Waals surface area contributed by atoms with Crippen molar-refractivity contribution < 1.29 is 8.42 Å². The zero-order valence-electron chi connectivity index (χ0n) is 12.3. The minimum atomic E-state index is -3.40. The van der Waals surface area contributed by atoms with E-state index in [0.717, 1.165) is 25.0 Å². The Kier molecular flexibility index (Phi) is 5.23.